The molecule has 2 saturated carbocycles. The largest absolute Gasteiger partial charge is 0.481 e. The van der Waals surface area contributed by atoms with Crippen molar-refractivity contribution in [1.29, 1.82) is 0 Å². The van der Waals surface area contributed by atoms with Gasteiger partial charge in [0.05, 0.1) is 12.0 Å². The molecule has 0 bridgehead atoms. The third kappa shape index (κ3) is 1.26. The summed E-state index contributed by atoms with van der Waals surface area (Å²) in [7, 11) is 0. The van der Waals surface area contributed by atoms with Crippen LogP contribution in [0, 0.1) is 23.2 Å². The highest BCUT2D eigenvalue weighted by atomic mass is 16.4. The molecule has 2 rings (SSSR count). The van der Waals surface area contributed by atoms with Crippen LogP contribution in [-0.2, 0) is 4.79 Å². The van der Waals surface area contributed by atoms with Crippen molar-refractivity contribution in [3.8, 4) is 0 Å². The summed E-state index contributed by atoms with van der Waals surface area (Å²) in [6, 6.07) is 0. The summed E-state index contributed by atoms with van der Waals surface area (Å²) in [5.74, 6) is -0.511. The number of rotatable bonds is 2. The van der Waals surface area contributed by atoms with Crippen LogP contribution in [0.2, 0.25) is 0 Å². The van der Waals surface area contributed by atoms with Crippen molar-refractivity contribution in [3.05, 3.63) is 0 Å². The van der Waals surface area contributed by atoms with Gasteiger partial charge in [0.1, 0.15) is 0 Å². The second kappa shape index (κ2) is 2.96. The lowest BCUT2D eigenvalue weighted by molar-refractivity contribution is -0.139. The molecule has 0 spiro atoms. The van der Waals surface area contributed by atoms with Crippen molar-refractivity contribution < 1.29 is 15.0 Å². The van der Waals surface area contributed by atoms with Gasteiger partial charge in [-0.15, -0.1) is 0 Å². The summed E-state index contributed by atoms with van der Waals surface area (Å²) < 4.78 is 0. The van der Waals surface area contributed by atoms with Gasteiger partial charge in [0.15, 0.2) is 0 Å². The molecule has 0 aromatic carbocycles. The van der Waals surface area contributed by atoms with Gasteiger partial charge in [0.25, 0.3) is 0 Å². The lowest BCUT2D eigenvalue weighted by Gasteiger charge is -2.15. The Kier molecular flexibility index (Phi) is 2.11. The molecular formula is C11H18O3. The van der Waals surface area contributed by atoms with Crippen LogP contribution in [-0.4, -0.2) is 22.3 Å². The molecule has 2 aliphatic carbocycles. The van der Waals surface area contributed by atoms with Crippen molar-refractivity contribution in [3.63, 3.8) is 0 Å². The normalized spacial score (nSPS) is 45.1. The zero-order chi connectivity index (χ0) is 10.5. The van der Waals surface area contributed by atoms with Crippen LogP contribution >= 0.6 is 0 Å². The average molecular weight is 198 g/mol. The number of carboxylic acids is 1. The van der Waals surface area contributed by atoms with Crippen molar-refractivity contribution >= 4 is 5.97 Å². The van der Waals surface area contributed by atoms with Crippen molar-refractivity contribution in [1.82, 2.24) is 0 Å². The molecule has 0 aromatic rings. The Labute approximate surface area is 84.1 Å². The minimum atomic E-state index is -0.695. The summed E-state index contributed by atoms with van der Waals surface area (Å²) in [6.45, 7) is 4.00. The van der Waals surface area contributed by atoms with Crippen LogP contribution in [0.25, 0.3) is 0 Å². The van der Waals surface area contributed by atoms with E-state index in [-0.39, 0.29) is 29.3 Å². The number of hydrogen-bond acceptors (Lipinski definition) is 2. The van der Waals surface area contributed by atoms with E-state index in [1.165, 1.54) is 0 Å². The molecule has 80 valence electrons. The molecule has 0 aromatic heterocycles. The molecule has 2 aliphatic rings. The van der Waals surface area contributed by atoms with Crippen LogP contribution in [0.3, 0.4) is 0 Å². The molecule has 2 fully saturated rings. The molecule has 3 heteroatoms. The number of carboxylic acid groups (broad SMARTS) is 1. The van der Waals surface area contributed by atoms with E-state index in [2.05, 4.69) is 0 Å². The second-order valence-electron chi connectivity index (χ2n) is 5.33. The summed E-state index contributed by atoms with van der Waals surface area (Å²) in [5, 5.41) is 18.8. The Morgan fingerprint density at radius 1 is 1.36 bits per heavy atom. The second-order valence-corrected chi connectivity index (χ2v) is 5.33. The first kappa shape index (κ1) is 9.97. The van der Waals surface area contributed by atoms with E-state index in [0.717, 1.165) is 19.3 Å². The lowest BCUT2D eigenvalue weighted by atomic mass is 9.94. The predicted molar refractivity (Wildman–Crippen MR) is 51.7 cm³/mol. The molecule has 14 heavy (non-hydrogen) atoms. The van der Waals surface area contributed by atoms with Gasteiger partial charge in [-0.05, 0) is 30.1 Å². The molecule has 2 N–H and O–H groups in total. The summed E-state index contributed by atoms with van der Waals surface area (Å²) in [6.07, 6.45) is 2.64. The van der Waals surface area contributed by atoms with Gasteiger partial charge in [-0.1, -0.05) is 20.3 Å². The quantitative estimate of drug-likeness (QED) is 0.707. The number of carbonyl (C=O) groups is 1. The highest BCUT2D eigenvalue weighted by Crippen LogP contribution is 2.64. The van der Waals surface area contributed by atoms with Gasteiger partial charge >= 0.3 is 5.97 Å². The number of aliphatic carboxylic acids is 1. The molecule has 0 heterocycles. The first-order valence-corrected chi connectivity index (χ1v) is 5.37. The zero-order valence-corrected chi connectivity index (χ0v) is 8.73. The highest BCUT2D eigenvalue weighted by molar-refractivity contribution is 5.75. The van der Waals surface area contributed by atoms with E-state index in [9.17, 15) is 9.90 Å². The Morgan fingerprint density at radius 2 is 2.00 bits per heavy atom. The Hall–Kier alpha value is -0.570. The van der Waals surface area contributed by atoms with Gasteiger partial charge in [0.2, 0.25) is 0 Å². The predicted octanol–water partition coefficient (Wildman–Crippen LogP) is 1.50. The lowest BCUT2D eigenvalue weighted by Crippen LogP contribution is -2.18. The van der Waals surface area contributed by atoms with Crippen LogP contribution in [0.4, 0.5) is 0 Å². The SMILES string of the molecule is CC1(C)[C@H]([C@H]2CCC[C@H]2O)[C@@H]1C(=O)O. The number of aliphatic hydroxyl groups is 1. The van der Waals surface area contributed by atoms with E-state index in [4.69, 9.17) is 5.11 Å². The summed E-state index contributed by atoms with van der Waals surface area (Å²) in [4.78, 5) is 11.0. The van der Waals surface area contributed by atoms with Gasteiger partial charge in [-0.2, -0.15) is 0 Å². The first-order valence-electron chi connectivity index (χ1n) is 5.37. The summed E-state index contributed by atoms with van der Waals surface area (Å²) in [5.41, 5.74) is -0.109. The van der Waals surface area contributed by atoms with Crippen molar-refractivity contribution in [2.24, 2.45) is 23.2 Å². The maximum Gasteiger partial charge on any atom is 0.307 e. The third-order valence-electron chi connectivity index (χ3n) is 4.17. The van der Waals surface area contributed by atoms with E-state index in [1.807, 2.05) is 13.8 Å². The average Bonchev–Trinajstić information content (AvgIpc) is 2.42. The molecule has 3 nitrogen and oxygen atoms in total. The molecule has 0 radical (unpaired) electrons. The minimum Gasteiger partial charge on any atom is -0.481 e. The van der Waals surface area contributed by atoms with Crippen molar-refractivity contribution in [2.75, 3.05) is 0 Å². The van der Waals surface area contributed by atoms with Crippen LogP contribution in [0.1, 0.15) is 33.1 Å². The Bertz CT molecular complexity index is 259. The van der Waals surface area contributed by atoms with E-state index in [1.54, 1.807) is 0 Å². The third-order valence-corrected chi connectivity index (χ3v) is 4.17. The first-order chi connectivity index (χ1) is 6.46. The van der Waals surface area contributed by atoms with Gasteiger partial charge in [-0.25, -0.2) is 0 Å². The van der Waals surface area contributed by atoms with Gasteiger partial charge < -0.3 is 10.2 Å². The molecule has 0 unspecified atom stereocenters. The monoisotopic (exact) mass is 198 g/mol. The topological polar surface area (TPSA) is 57.5 Å². The standard InChI is InChI=1S/C11H18O3/c1-11(2)8(9(11)10(13)14)6-4-3-5-7(6)12/h6-9,12H,3-5H2,1-2H3,(H,13,14)/t6-,7+,8+,9+/m0/s1. The van der Waals surface area contributed by atoms with E-state index in [0.29, 0.717) is 0 Å². The molecule has 4 atom stereocenters. The molecule has 0 amide bonds. The van der Waals surface area contributed by atoms with E-state index >= 15 is 0 Å². The number of hydrogen-bond donors (Lipinski definition) is 2. The van der Waals surface area contributed by atoms with Crippen LogP contribution < -0.4 is 0 Å². The Morgan fingerprint density at radius 3 is 2.36 bits per heavy atom. The van der Waals surface area contributed by atoms with Gasteiger partial charge in [-0.3, -0.25) is 4.79 Å². The van der Waals surface area contributed by atoms with Crippen LogP contribution in [0.15, 0.2) is 0 Å². The molecule has 0 aliphatic heterocycles. The fraction of sp³-hybridized carbons (Fsp3) is 0.909. The highest BCUT2D eigenvalue weighted by Gasteiger charge is 2.65. The van der Waals surface area contributed by atoms with Gasteiger partial charge in [0, 0.05) is 0 Å². The maximum atomic E-state index is 11.0. The zero-order valence-electron chi connectivity index (χ0n) is 8.73. The molecular weight excluding hydrogens is 180 g/mol. The maximum absolute atomic E-state index is 11.0. The molecule has 0 saturated heterocycles. The Balaban J connectivity index is 2.10. The number of aliphatic hydroxyl groups excluding tert-OH is 1. The van der Waals surface area contributed by atoms with Crippen molar-refractivity contribution in [2.45, 2.75) is 39.2 Å². The van der Waals surface area contributed by atoms with Crippen LogP contribution in [0.5, 0.6) is 0 Å². The smallest absolute Gasteiger partial charge is 0.307 e. The fourth-order valence-electron chi connectivity index (χ4n) is 3.34. The minimum absolute atomic E-state index is 0.109. The van der Waals surface area contributed by atoms with E-state index < -0.39 is 5.97 Å². The fourth-order valence-corrected chi connectivity index (χ4v) is 3.34. The summed E-state index contributed by atoms with van der Waals surface area (Å²) >= 11 is 0.